The van der Waals surface area contributed by atoms with E-state index < -0.39 is 0 Å². The first-order valence-electron chi connectivity index (χ1n) is 11.4. The Morgan fingerprint density at radius 3 is 2.88 bits per heavy atom. The number of fused-ring (bicyclic) bond motifs is 1. The minimum absolute atomic E-state index is 0.0619. The van der Waals surface area contributed by atoms with Gasteiger partial charge in [0.05, 0.1) is 23.8 Å². The predicted octanol–water partition coefficient (Wildman–Crippen LogP) is 5.04. The van der Waals surface area contributed by atoms with E-state index in [0.717, 1.165) is 59.2 Å². The molecule has 33 heavy (non-hydrogen) atoms. The number of ether oxygens (including phenoxy) is 1. The van der Waals surface area contributed by atoms with Crippen molar-refractivity contribution in [3.8, 4) is 0 Å². The van der Waals surface area contributed by atoms with Crippen LogP contribution < -0.4 is 5.56 Å². The highest BCUT2D eigenvalue weighted by Crippen LogP contribution is 2.31. The summed E-state index contributed by atoms with van der Waals surface area (Å²) in [7, 11) is 0. The fourth-order valence-electron chi connectivity index (χ4n) is 4.45. The van der Waals surface area contributed by atoms with Crippen molar-refractivity contribution in [2.24, 2.45) is 0 Å². The van der Waals surface area contributed by atoms with Crippen LogP contribution in [0.1, 0.15) is 41.6 Å². The van der Waals surface area contributed by atoms with Crippen LogP contribution in [-0.2, 0) is 30.0 Å². The number of rotatable bonds is 8. The lowest BCUT2D eigenvalue weighted by Crippen LogP contribution is -2.29. The monoisotopic (exact) mass is 480 g/mol. The molecule has 6 nitrogen and oxygen atoms in total. The predicted molar refractivity (Wildman–Crippen MR) is 134 cm³/mol. The topological polar surface area (TPSA) is 61.9 Å². The first kappa shape index (κ1) is 22.4. The fourth-order valence-corrected chi connectivity index (χ4v) is 6.58. The van der Waals surface area contributed by atoms with Crippen LogP contribution in [0.3, 0.4) is 0 Å². The smallest absolute Gasteiger partial charge is 0.263 e. The van der Waals surface area contributed by atoms with E-state index in [-0.39, 0.29) is 11.7 Å². The van der Waals surface area contributed by atoms with Crippen LogP contribution in [0, 0.1) is 6.92 Å². The molecule has 1 fully saturated rings. The van der Waals surface area contributed by atoms with Crippen LogP contribution >= 0.6 is 23.1 Å². The number of aromatic nitrogens is 4. The maximum Gasteiger partial charge on any atom is 0.263 e. The quantitative estimate of drug-likeness (QED) is 0.261. The molecule has 0 saturated carbocycles. The number of hydrogen-bond donors (Lipinski definition) is 0. The minimum atomic E-state index is 0.0619. The van der Waals surface area contributed by atoms with E-state index in [0.29, 0.717) is 12.3 Å². The van der Waals surface area contributed by atoms with Crippen LogP contribution in [-0.4, -0.2) is 31.8 Å². The second-order valence-electron chi connectivity index (χ2n) is 8.36. The van der Waals surface area contributed by atoms with E-state index in [4.69, 9.17) is 9.72 Å². The molecule has 3 aromatic heterocycles. The molecule has 1 aromatic carbocycles. The summed E-state index contributed by atoms with van der Waals surface area (Å²) >= 11 is 3.21. The Morgan fingerprint density at radius 1 is 1.27 bits per heavy atom. The standard InChI is InChI=1S/C25H28N4O2S2/c1-3-20-17(2)33-23-22(20)24(30)29(15-19-10-7-13-31-19)25(27-23)32-16-21-26-11-12-28(21)14-18-8-5-4-6-9-18/h4-6,8-9,11-12,19H,3,7,10,13-16H2,1-2H3. The molecule has 4 aromatic rings. The van der Waals surface area contributed by atoms with E-state index in [9.17, 15) is 4.79 Å². The Morgan fingerprint density at radius 2 is 2.12 bits per heavy atom. The molecular formula is C25H28N4O2S2. The molecule has 0 radical (unpaired) electrons. The summed E-state index contributed by atoms with van der Waals surface area (Å²) in [6, 6.07) is 10.4. The third kappa shape index (κ3) is 4.65. The van der Waals surface area contributed by atoms with Crippen LogP contribution in [0.4, 0.5) is 0 Å². The zero-order valence-electron chi connectivity index (χ0n) is 19.0. The van der Waals surface area contributed by atoms with Gasteiger partial charge in [-0.1, -0.05) is 49.0 Å². The van der Waals surface area contributed by atoms with Gasteiger partial charge in [0.15, 0.2) is 5.16 Å². The maximum absolute atomic E-state index is 13.6. The third-order valence-corrected chi connectivity index (χ3v) is 8.18. The number of thioether (sulfide) groups is 1. The van der Waals surface area contributed by atoms with E-state index >= 15 is 0 Å². The summed E-state index contributed by atoms with van der Waals surface area (Å²) in [5.41, 5.74) is 2.42. The van der Waals surface area contributed by atoms with Gasteiger partial charge in [0.2, 0.25) is 0 Å². The largest absolute Gasteiger partial charge is 0.376 e. The van der Waals surface area contributed by atoms with Gasteiger partial charge in [0.25, 0.3) is 5.56 Å². The Labute approximate surface area is 201 Å². The molecule has 172 valence electrons. The molecule has 1 atom stereocenters. The molecule has 0 bridgehead atoms. The average molecular weight is 481 g/mol. The van der Waals surface area contributed by atoms with Crippen molar-refractivity contribution >= 4 is 33.3 Å². The van der Waals surface area contributed by atoms with E-state index in [2.05, 4.69) is 47.7 Å². The maximum atomic E-state index is 13.6. The highest BCUT2D eigenvalue weighted by molar-refractivity contribution is 7.98. The van der Waals surface area contributed by atoms with Gasteiger partial charge in [-0.25, -0.2) is 9.97 Å². The molecule has 1 aliphatic heterocycles. The second-order valence-corrected chi connectivity index (χ2v) is 10.5. The van der Waals surface area contributed by atoms with Gasteiger partial charge in [-0.05, 0) is 37.3 Å². The molecule has 1 saturated heterocycles. The molecule has 0 spiro atoms. The second kappa shape index (κ2) is 9.83. The Hall–Kier alpha value is -2.42. The number of nitrogens with zero attached hydrogens (tertiary/aromatic N) is 4. The van der Waals surface area contributed by atoms with Crippen molar-refractivity contribution in [2.45, 2.75) is 63.2 Å². The fraction of sp³-hybridized carbons (Fsp3) is 0.400. The molecule has 8 heteroatoms. The van der Waals surface area contributed by atoms with Crippen LogP contribution in [0.25, 0.3) is 10.2 Å². The summed E-state index contributed by atoms with van der Waals surface area (Å²) in [6.07, 6.45) is 6.80. The normalized spacial score (nSPS) is 16.1. The van der Waals surface area contributed by atoms with Gasteiger partial charge in [0.1, 0.15) is 10.7 Å². The molecular weight excluding hydrogens is 452 g/mol. The lowest BCUT2D eigenvalue weighted by molar-refractivity contribution is 0.0937. The Kier molecular flexibility index (Phi) is 6.66. The number of thiophene rings is 1. The van der Waals surface area contributed by atoms with E-state index in [1.54, 1.807) is 23.1 Å². The van der Waals surface area contributed by atoms with Crippen molar-refractivity contribution in [3.05, 3.63) is 74.9 Å². The first-order valence-corrected chi connectivity index (χ1v) is 13.3. The van der Waals surface area contributed by atoms with Crippen molar-refractivity contribution in [2.75, 3.05) is 6.61 Å². The highest BCUT2D eigenvalue weighted by atomic mass is 32.2. The van der Waals surface area contributed by atoms with E-state index in [1.807, 2.05) is 23.0 Å². The van der Waals surface area contributed by atoms with Gasteiger partial charge in [-0.2, -0.15) is 0 Å². The lowest BCUT2D eigenvalue weighted by atomic mass is 10.1. The third-order valence-electron chi connectivity index (χ3n) is 6.17. The number of aryl methyl sites for hydroxylation is 2. The summed E-state index contributed by atoms with van der Waals surface area (Å²) in [4.78, 5) is 25.2. The molecule has 1 aliphatic rings. The SMILES string of the molecule is CCc1c(C)sc2nc(SCc3nccn3Cc3ccccc3)n(CC3CCCO3)c(=O)c12. The molecule has 1 unspecified atom stereocenters. The minimum Gasteiger partial charge on any atom is -0.376 e. The Bertz CT molecular complexity index is 1300. The van der Waals surface area contributed by atoms with Crippen molar-refractivity contribution in [1.29, 1.82) is 0 Å². The highest BCUT2D eigenvalue weighted by Gasteiger charge is 2.23. The molecule has 0 aliphatic carbocycles. The van der Waals surface area contributed by atoms with Crippen molar-refractivity contribution in [1.82, 2.24) is 19.1 Å². The van der Waals surface area contributed by atoms with Crippen LogP contribution in [0.15, 0.2) is 52.7 Å². The van der Waals surface area contributed by atoms with Crippen molar-refractivity contribution < 1.29 is 4.74 Å². The Balaban J connectivity index is 1.46. The molecule has 0 amide bonds. The number of benzene rings is 1. The van der Waals surface area contributed by atoms with E-state index in [1.165, 1.54) is 10.4 Å². The molecule has 5 rings (SSSR count). The van der Waals surface area contributed by atoms with Crippen molar-refractivity contribution in [3.63, 3.8) is 0 Å². The van der Waals surface area contributed by atoms with Gasteiger partial charge < -0.3 is 9.30 Å². The number of hydrogen-bond acceptors (Lipinski definition) is 6. The zero-order chi connectivity index (χ0) is 22.8. The van der Waals surface area contributed by atoms with Crippen LogP contribution in [0.5, 0.6) is 0 Å². The zero-order valence-corrected chi connectivity index (χ0v) is 20.6. The molecule has 4 heterocycles. The number of imidazole rings is 1. The van der Waals surface area contributed by atoms with Gasteiger partial charge in [0, 0.05) is 30.4 Å². The summed E-state index contributed by atoms with van der Waals surface area (Å²) < 4.78 is 9.87. The lowest BCUT2D eigenvalue weighted by Gasteiger charge is -2.16. The average Bonchev–Trinajstić information content (AvgIpc) is 3.55. The first-order chi connectivity index (χ1) is 16.1. The summed E-state index contributed by atoms with van der Waals surface area (Å²) in [5, 5.41) is 1.54. The van der Waals surface area contributed by atoms with Gasteiger partial charge in [-0.3, -0.25) is 9.36 Å². The van der Waals surface area contributed by atoms with Crippen LogP contribution in [0.2, 0.25) is 0 Å². The summed E-state index contributed by atoms with van der Waals surface area (Å²) in [5.74, 6) is 1.62. The van der Waals surface area contributed by atoms with Gasteiger partial charge in [-0.15, -0.1) is 11.3 Å². The summed E-state index contributed by atoms with van der Waals surface area (Å²) in [6.45, 7) is 6.29. The molecule has 0 N–H and O–H groups in total. The van der Waals surface area contributed by atoms with Gasteiger partial charge >= 0.3 is 0 Å².